The number of ether oxygens (including phenoxy) is 2. The van der Waals surface area contributed by atoms with E-state index in [0.29, 0.717) is 41.6 Å². The first-order chi connectivity index (χ1) is 20.0. The second kappa shape index (κ2) is 9.53. The molecule has 1 spiro atoms. The van der Waals surface area contributed by atoms with E-state index in [1.54, 1.807) is 20.8 Å². The average molecular weight is 605 g/mol. The molecule has 0 radical (unpaired) electrons. The third-order valence-corrected chi connectivity index (χ3v) is 10.3. The van der Waals surface area contributed by atoms with E-state index in [1.165, 1.54) is 12.8 Å². The zero-order valence-electron chi connectivity index (χ0n) is 23.8. The molecule has 1 saturated heterocycles. The lowest BCUT2D eigenvalue weighted by Gasteiger charge is -2.19. The molecular weight excluding hydrogens is 574 g/mol. The fraction of sp³-hybridized carbons (Fsp3) is 0.433. The number of pyridine rings is 1. The first kappa shape index (κ1) is 27.4. The molecule has 1 saturated carbocycles. The Kier molecular flexibility index (Phi) is 6.21. The van der Waals surface area contributed by atoms with Gasteiger partial charge < -0.3 is 14.4 Å². The molecule has 1 aromatic carbocycles. The van der Waals surface area contributed by atoms with Crippen molar-refractivity contribution >= 4 is 63.9 Å². The molecule has 1 aliphatic carbocycles. The van der Waals surface area contributed by atoms with Crippen LogP contribution in [0.4, 0.5) is 20.1 Å². The van der Waals surface area contributed by atoms with Crippen LogP contribution >= 0.6 is 20.6 Å². The second-order valence-electron chi connectivity index (χ2n) is 12.5. The van der Waals surface area contributed by atoms with Gasteiger partial charge in [-0.3, -0.25) is 10.3 Å². The molecule has 3 aromatic heterocycles. The Morgan fingerprint density at radius 2 is 2.05 bits per heavy atom. The number of thiophene rings is 1. The average Bonchev–Trinajstić information content (AvgIpc) is 3.24. The quantitative estimate of drug-likeness (QED) is 0.282. The maximum absolute atomic E-state index is 15.2. The van der Waals surface area contributed by atoms with Crippen molar-refractivity contribution in [3.05, 3.63) is 34.9 Å². The highest BCUT2D eigenvalue weighted by Gasteiger charge is 2.53. The third kappa shape index (κ3) is 4.31. The summed E-state index contributed by atoms with van der Waals surface area (Å²) in [6.07, 6.45) is 4.82. The van der Waals surface area contributed by atoms with Gasteiger partial charge in [-0.25, -0.2) is 19.2 Å². The molecule has 9 nitrogen and oxygen atoms in total. The van der Waals surface area contributed by atoms with Crippen molar-refractivity contribution in [1.29, 1.82) is 5.26 Å². The molecule has 42 heavy (non-hydrogen) atoms. The normalized spacial score (nSPS) is 19.0. The van der Waals surface area contributed by atoms with Gasteiger partial charge >= 0.3 is 6.09 Å². The Labute approximate surface area is 248 Å². The van der Waals surface area contributed by atoms with Crippen LogP contribution in [0.1, 0.15) is 57.2 Å². The third-order valence-electron chi connectivity index (χ3n) is 8.64. The highest BCUT2D eigenvalue weighted by atomic mass is 32.1. The number of carbonyl (C=O) groups excluding carboxylic acids is 1. The molecule has 216 valence electrons. The van der Waals surface area contributed by atoms with Crippen LogP contribution in [0.5, 0.6) is 0 Å². The molecule has 2 unspecified atom stereocenters. The molecule has 4 aromatic rings. The zero-order chi connectivity index (χ0) is 29.6. The van der Waals surface area contributed by atoms with Gasteiger partial charge in [-0.2, -0.15) is 5.26 Å². The Balaban J connectivity index is 1.40. The lowest BCUT2D eigenvalue weighted by molar-refractivity contribution is 0.0636. The summed E-state index contributed by atoms with van der Waals surface area (Å²) in [5.74, 6) is 0.716. The predicted octanol–water partition coefficient (Wildman–Crippen LogP) is 6.03. The standard InChI is InChI=1S/C30H30FN6O3PS/c1-14-10-37(13-30(14)5-6-30)27-34-8-16-17-11-39-12-18(17)20(24(41)22(16)35-27)23-21-15(7-32)26(36-28(38)40-29(2,3)4)42-25(21)19(31)9-33-23/h8-9,14H,5-6,10-13,41H2,1-4H3,(H,36,38). The first-order valence-electron chi connectivity index (χ1n) is 13.9. The number of halogens is 1. The summed E-state index contributed by atoms with van der Waals surface area (Å²) < 4.78 is 26.7. The maximum atomic E-state index is 15.2. The van der Waals surface area contributed by atoms with E-state index < -0.39 is 17.5 Å². The lowest BCUT2D eigenvalue weighted by Crippen LogP contribution is -2.27. The van der Waals surface area contributed by atoms with Gasteiger partial charge in [0, 0.05) is 40.9 Å². The van der Waals surface area contributed by atoms with Gasteiger partial charge in [-0.05, 0) is 56.1 Å². The zero-order valence-corrected chi connectivity index (χ0v) is 25.8. The summed E-state index contributed by atoms with van der Waals surface area (Å²) in [6, 6.07) is 2.18. The summed E-state index contributed by atoms with van der Waals surface area (Å²) in [7, 11) is 2.80. The fourth-order valence-electron chi connectivity index (χ4n) is 6.33. The number of hydrogen-bond acceptors (Lipinski definition) is 9. The number of hydrogen-bond donors (Lipinski definition) is 1. The number of anilines is 2. The molecule has 3 aliphatic rings. The van der Waals surface area contributed by atoms with E-state index >= 15 is 4.39 Å². The Bertz CT molecular complexity index is 1860. The molecule has 12 heteroatoms. The molecular formula is C30H30FN6O3PS. The van der Waals surface area contributed by atoms with Crippen LogP contribution < -0.4 is 15.5 Å². The number of nitrogens with zero attached hydrogens (tertiary/aromatic N) is 5. The number of carbonyl (C=O) groups is 1. The summed E-state index contributed by atoms with van der Waals surface area (Å²) in [4.78, 5) is 29.2. The topological polar surface area (TPSA) is 113 Å². The molecule has 0 bridgehead atoms. The minimum atomic E-state index is -0.738. The van der Waals surface area contributed by atoms with E-state index in [4.69, 9.17) is 19.4 Å². The maximum Gasteiger partial charge on any atom is 0.412 e. The summed E-state index contributed by atoms with van der Waals surface area (Å²) >= 11 is 0.986. The monoisotopic (exact) mass is 604 g/mol. The molecule has 2 atom stereocenters. The Morgan fingerprint density at radius 1 is 1.29 bits per heavy atom. The number of fused-ring (bicyclic) bond motifs is 4. The SMILES string of the molecule is CC1CN(c2ncc3c4c(c(-c5ncc(F)c6sc(NC(=O)OC(C)(C)C)c(C#N)c56)c(P)c3n2)COC4)CC12CC2. The van der Waals surface area contributed by atoms with Gasteiger partial charge in [-0.15, -0.1) is 20.6 Å². The van der Waals surface area contributed by atoms with Crippen molar-refractivity contribution < 1.29 is 18.7 Å². The van der Waals surface area contributed by atoms with E-state index in [0.717, 1.165) is 63.5 Å². The van der Waals surface area contributed by atoms with Gasteiger partial charge in [0.1, 0.15) is 16.7 Å². The molecule has 2 fully saturated rings. The number of aromatic nitrogens is 3. The van der Waals surface area contributed by atoms with Crippen molar-refractivity contribution in [3.8, 4) is 17.3 Å². The van der Waals surface area contributed by atoms with Crippen molar-refractivity contribution in [2.45, 2.75) is 59.4 Å². The molecule has 2 aliphatic heterocycles. The summed E-state index contributed by atoms with van der Waals surface area (Å²) in [5, 5.41) is 15.1. The highest BCUT2D eigenvalue weighted by molar-refractivity contribution is 7.29. The summed E-state index contributed by atoms with van der Waals surface area (Å²) in [6.45, 7) is 10.2. The second-order valence-corrected chi connectivity index (χ2v) is 14.1. The van der Waals surface area contributed by atoms with Crippen LogP contribution in [0, 0.1) is 28.5 Å². The number of rotatable bonds is 3. The number of benzene rings is 1. The highest BCUT2D eigenvalue weighted by Crippen LogP contribution is 2.56. The van der Waals surface area contributed by atoms with E-state index in [1.807, 2.05) is 6.20 Å². The van der Waals surface area contributed by atoms with Gasteiger partial charge in [-0.1, -0.05) is 6.92 Å². The van der Waals surface area contributed by atoms with E-state index in [2.05, 4.69) is 37.4 Å². The fourth-order valence-corrected chi connectivity index (χ4v) is 7.90. The largest absolute Gasteiger partial charge is 0.444 e. The van der Waals surface area contributed by atoms with Crippen LogP contribution in [0.2, 0.25) is 0 Å². The molecule has 1 N–H and O–H groups in total. The van der Waals surface area contributed by atoms with Gasteiger partial charge in [0.25, 0.3) is 0 Å². The summed E-state index contributed by atoms with van der Waals surface area (Å²) in [5.41, 5.74) is 3.59. The molecule has 5 heterocycles. The Morgan fingerprint density at radius 3 is 2.74 bits per heavy atom. The predicted molar refractivity (Wildman–Crippen MR) is 164 cm³/mol. The number of amides is 1. The first-order valence-corrected chi connectivity index (χ1v) is 15.3. The molecule has 1 amide bonds. The van der Waals surface area contributed by atoms with Crippen molar-refractivity contribution in [3.63, 3.8) is 0 Å². The van der Waals surface area contributed by atoms with Crippen LogP contribution in [0.15, 0.2) is 12.4 Å². The van der Waals surface area contributed by atoms with Gasteiger partial charge in [0.2, 0.25) is 5.95 Å². The van der Waals surface area contributed by atoms with Gasteiger partial charge in [0.05, 0.1) is 40.9 Å². The van der Waals surface area contributed by atoms with Crippen LogP contribution in [-0.2, 0) is 22.7 Å². The van der Waals surface area contributed by atoms with E-state index in [9.17, 15) is 10.1 Å². The van der Waals surface area contributed by atoms with Crippen molar-refractivity contribution in [1.82, 2.24) is 15.0 Å². The lowest BCUT2D eigenvalue weighted by atomic mass is 9.94. The number of nitriles is 1. The minimum Gasteiger partial charge on any atom is -0.444 e. The minimum absolute atomic E-state index is 0.129. The van der Waals surface area contributed by atoms with Crippen LogP contribution in [0.25, 0.3) is 32.2 Å². The van der Waals surface area contributed by atoms with Crippen molar-refractivity contribution in [2.24, 2.45) is 11.3 Å². The Hall–Kier alpha value is -3.45. The number of nitrogens with one attached hydrogen (secondary N) is 1. The smallest absolute Gasteiger partial charge is 0.412 e. The van der Waals surface area contributed by atoms with Crippen molar-refractivity contribution in [2.75, 3.05) is 23.3 Å². The van der Waals surface area contributed by atoms with Crippen LogP contribution in [-0.4, -0.2) is 39.7 Å². The van der Waals surface area contributed by atoms with Gasteiger partial charge in [0.15, 0.2) is 5.82 Å². The molecule has 7 rings (SSSR count). The van der Waals surface area contributed by atoms with Crippen LogP contribution in [0.3, 0.4) is 0 Å². The van der Waals surface area contributed by atoms with E-state index in [-0.39, 0.29) is 15.3 Å².